The van der Waals surface area contributed by atoms with Crippen molar-refractivity contribution in [1.82, 2.24) is 4.90 Å². The molecule has 8 heteroatoms. The van der Waals surface area contributed by atoms with Crippen LogP contribution in [0.3, 0.4) is 0 Å². The van der Waals surface area contributed by atoms with Crippen LogP contribution in [0.2, 0.25) is 0 Å². The number of nitrogens with two attached hydrogens (primary N) is 1. The molecule has 144 valence electrons. The minimum absolute atomic E-state index is 0.00589. The summed E-state index contributed by atoms with van der Waals surface area (Å²) in [5.74, 6) is -0.610. The first-order chi connectivity index (χ1) is 12.8. The minimum Gasteiger partial charge on any atom is -0.337 e. The Bertz CT molecular complexity index is 945. The molecule has 0 saturated carbocycles. The Morgan fingerprint density at radius 2 is 1.93 bits per heavy atom. The van der Waals surface area contributed by atoms with Crippen molar-refractivity contribution >= 4 is 21.6 Å². The van der Waals surface area contributed by atoms with E-state index in [1.165, 1.54) is 31.2 Å². The lowest BCUT2D eigenvalue weighted by Gasteiger charge is -2.30. The van der Waals surface area contributed by atoms with Crippen molar-refractivity contribution in [1.29, 1.82) is 0 Å². The number of benzene rings is 2. The van der Waals surface area contributed by atoms with Gasteiger partial charge in [-0.15, -0.1) is 0 Å². The third kappa shape index (κ3) is 4.45. The number of sulfonamides is 1. The number of likely N-dealkylation sites (tertiary alicyclic amines) is 1. The standard InChI is InChI=1S/C19H22FN3O3S/c1-13-11-15(20)6-9-18(13)27(25,26)22-17-7-4-14(5-8-17)19(24)23-10-2-3-16(21)12-23/h4-9,11,16,22H,2-3,10,12,21H2,1H3. The monoisotopic (exact) mass is 391 g/mol. The van der Waals surface area contributed by atoms with E-state index in [4.69, 9.17) is 5.73 Å². The molecule has 0 radical (unpaired) electrons. The molecule has 0 spiro atoms. The average Bonchev–Trinajstić information content (AvgIpc) is 2.61. The number of rotatable bonds is 4. The lowest BCUT2D eigenvalue weighted by Crippen LogP contribution is -2.45. The molecule has 1 saturated heterocycles. The van der Waals surface area contributed by atoms with Gasteiger partial charge >= 0.3 is 0 Å². The van der Waals surface area contributed by atoms with Gasteiger partial charge in [0.25, 0.3) is 15.9 Å². The molecule has 0 bridgehead atoms. The highest BCUT2D eigenvalue weighted by Gasteiger charge is 2.22. The average molecular weight is 391 g/mol. The molecule has 3 N–H and O–H groups in total. The van der Waals surface area contributed by atoms with Crippen LogP contribution >= 0.6 is 0 Å². The predicted molar refractivity (Wildman–Crippen MR) is 102 cm³/mol. The molecule has 2 aromatic rings. The van der Waals surface area contributed by atoms with Crippen LogP contribution in [0.15, 0.2) is 47.4 Å². The van der Waals surface area contributed by atoms with Crippen molar-refractivity contribution in [3.05, 3.63) is 59.4 Å². The van der Waals surface area contributed by atoms with Crippen LogP contribution in [0.5, 0.6) is 0 Å². The predicted octanol–water partition coefficient (Wildman–Crippen LogP) is 2.50. The molecule has 27 heavy (non-hydrogen) atoms. The summed E-state index contributed by atoms with van der Waals surface area (Å²) in [7, 11) is -3.85. The van der Waals surface area contributed by atoms with E-state index in [1.54, 1.807) is 17.0 Å². The molecule has 0 aromatic heterocycles. The van der Waals surface area contributed by atoms with Gasteiger partial charge in [0.1, 0.15) is 5.82 Å². The molecule has 1 aliphatic heterocycles. The quantitative estimate of drug-likeness (QED) is 0.838. The Morgan fingerprint density at radius 3 is 2.56 bits per heavy atom. The van der Waals surface area contributed by atoms with Gasteiger partial charge in [-0.25, -0.2) is 12.8 Å². The van der Waals surface area contributed by atoms with Crippen LogP contribution in [-0.4, -0.2) is 38.4 Å². The van der Waals surface area contributed by atoms with Crippen molar-refractivity contribution in [3.63, 3.8) is 0 Å². The smallest absolute Gasteiger partial charge is 0.262 e. The zero-order chi connectivity index (χ0) is 19.6. The largest absolute Gasteiger partial charge is 0.337 e. The molecular weight excluding hydrogens is 369 g/mol. The van der Waals surface area contributed by atoms with Crippen molar-refractivity contribution in [3.8, 4) is 0 Å². The van der Waals surface area contributed by atoms with E-state index in [1.807, 2.05) is 0 Å². The van der Waals surface area contributed by atoms with E-state index in [-0.39, 0.29) is 16.8 Å². The Hall–Kier alpha value is -2.45. The Labute approximate surface area is 158 Å². The lowest BCUT2D eigenvalue weighted by atomic mass is 10.1. The molecular formula is C19H22FN3O3S. The van der Waals surface area contributed by atoms with Gasteiger partial charge in [-0.3, -0.25) is 9.52 Å². The summed E-state index contributed by atoms with van der Waals surface area (Å²) in [6.07, 6.45) is 1.79. The van der Waals surface area contributed by atoms with Gasteiger partial charge in [0.2, 0.25) is 0 Å². The van der Waals surface area contributed by atoms with E-state index in [2.05, 4.69) is 4.72 Å². The summed E-state index contributed by atoms with van der Waals surface area (Å²) in [6, 6.07) is 9.72. The van der Waals surface area contributed by atoms with Crippen LogP contribution < -0.4 is 10.5 Å². The Morgan fingerprint density at radius 1 is 1.22 bits per heavy atom. The fourth-order valence-electron chi connectivity index (χ4n) is 3.18. The first kappa shape index (κ1) is 19.3. The zero-order valence-electron chi connectivity index (χ0n) is 15.0. The van der Waals surface area contributed by atoms with Crippen molar-refractivity contribution in [2.24, 2.45) is 5.73 Å². The fraction of sp³-hybridized carbons (Fsp3) is 0.316. The van der Waals surface area contributed by atoms with E-state index < -0.39 is 15.8 Å². The van der Waals surface area contributed by atoms with Crippen molar-refractivity contribution < 1.29 is 17.6 Å². The van der Waals surface area contributed by atoms with Gasteiger partial charge in [0.05, 0.1) is 4.90 Å². The number of aryl methyl sites for hydroxylation is 1. The number of carbonyl (C=O) groups is 1. The lowest BCUT2D eigenvalue weighted by molar-refractivity contribution is 0.0709. The molecule has 1 amide bonds. The Kier molecular flexibility index (Phi) is 5.48. The number of nitrogens with zero attached hydrogens (tertiary/aromatic N) is 1. The van der Waals surface area contributed by atoms with E-state index in [0.29, 0.717) is 29.9 Å². The molecule has 1 aliphatic rings. The van der Waals surface area contributed by atoms with Crippen molar-refractivity contribution in [2.75, 3.05) is 17.8 Å². The van der Waals surface area contributed by atoms with Gasteiger partial charge in [-0.05, 0) is 67.8 Å². The number of hydrogen-bond acceptors (Lipinski definition) is 4. The fourth-order valence-corrected chi connectivity index (χ4v) is 4.47. The summed E-state index contributed by atoms with van der Waals surface area (Å²) >= 11 is 0. The topological polar surface area (TPSA) is 92.5 Å². The number of halogens is 1. The maximum atomic E-state index is 13.2. The van der Waals surface area contributed by atoms with Crippen LogP contribution in [0.4, 0.5) is 10.1 Å². The summed E-state index contributed by atoms with van der Waals surface area (Å²) in [6.45, 7) is 2.73. The van der Waals surface area contributed by atoms with Gasteiger partial charge in [-0.2, -0.15) is 0 Å². The first-order valence-corrected chi connectivity index (χ1v) is 10.2. The maximum Gasteiger partial charge on any atom is 0.262 e. The molecule has 2 aromatic carbocycles. The third-order valence-corrected chi connectivity index (χ3v) is 6.10. The summed E-state index contributed by atoms with van der Waals surface area (Å²) in [5, 5.41) is 0. The van der Waals surface area contributed by atoms with E-state index in [0.717, 1.165) is 18.9 Å². The van der Waals surface area contributed by atoms with Gasteiger partial charge in [0, 0.05) is 30.4 Å². The van der Waals surface area contributed by atoms with Crippen molar-refractivity contribution in [2.45, 2.75) is 30.7 Å². The maximum absolute atomic E-state index is 13.2. The molecule has 1 unspecified atom stereocenters. The van der Waals surface area contributed by atoms with Gasteiger partial charge < -0.3 is 10.6 Å². The number of hydrogen-bond donors (Lipinski definition) is 2. The molecule has 1 heterocycles. The second-order valence-electron chi connectivity index (χ2n) is 6.75. The van der Waals surface area contributed by atoms with Crippen LogP contribution in [0.25, 0.3) is 0 Å². The molecule has 3 rings (SSSR count). The number of carbonyl (C=O) groups excluding carboxylic acids is 1. The zero-order valence-corrected chi connectivity index (χ0v) is 15.8. The van der Waals surface area contributed by atoms with Crippen LogP contribution in [-0.2, 0) is 10.0 Å². The SMILES string of the molecule is Cc1cc(F)ccc1S(=O)(=O)Nc1ccc(C(=O)N2CCCC(N)C2)cc1. The number of piperidine rings is 1. The number of anilines is 1. The van der Waals surface area contributed by atoms with E-state index in [9.17, 15) is 17.6 Å². The first-order valence-electron chi connectivity index (χ1n) is 8.70. The van der Waals surface area contributed by atoms with Crippen LogP contribution in [0, 0.1) is 12.7 Å². The summed E-state index contributed by atoms with van der Waals surface area (Å²) < 4.78 is 40.7. The Balaban J connectivity index is 1.74. The van der Waals surface area contributed by atoms with Crippen LogP contribution in [0.1, 0.15) is 28.8 Å². The molecule has 1 atom stereocenters. The second-order valence-corrected chi connectivity index (χ2v) is 8.40. The molecule has 1 fully saturated rings. The summed E-state index contributed by atoms with van der Waals surface area (Å²) in [4.78, 5) is 14.3. The van der Waals surface area contributed by atoms with Gasteiger partial charge in [0.15, 0.2) is 0 Å². The second kappa shape index (κ2) is 7.66. The highest BCUT2D eigenvalue weighted by molar-refractivity contribution is 7.92. The minimum atomic E-state index is -3.85. The highest BCUT2D eigenvalue weighted by Crippen LogP contribution is 2.21. The third-order valence-electron chi connectivity index (χ3n) is 4.56. The summed E-state index contributed by atoms with van der Waals surface area (Å²) in [5.41, 5.74) is 7.03. The van der Waals surface area contributed by atoms with Gasteiger partial charge in [-0.1, -0.05) is 0 Å². The van der Waals surface area contributed by atoms with E-state index >= 15 is 0 Å². The number of nitrogens with one attached hydrogen (secondary N) is 1. The normalized spacial score (nSPS) is 17.6. The molecule has 0 aliphatic carbocycles. The highest BCUT2D eigenvalue weighted by atomic mass is 32.2. The number of amides is 1. The molecule has 6 nitrogen and oxygen atoms in total.